The number of alkyl halides is 3. The summed E-state index contributed by atoms with van der Waals surface area (Å²) in [6.07, 6.45) is -6.67. The molecule has 1 unspecified atom stereocenters. The van der Waals surface area contributed by atoms with Crippen LogP contribution in [0.1, 0.15) is 18.4 Å². The maximum Gasteiger partial charge on any atom is 0.389 e. The largest absolute Gasteiger partial charge is 0.481 e. The predicted molar refractivity (Wildman–Crippen MR) is 60.1 cm³/mol. The minimum atomic E-state index is -4.53. The smallest absolute Gasteiger partial charge is 0.389 e. The molecule has 3 N–H and O–H groups in total. The Morgan fingerprint density at radius 2 is 1.79 bits per heavy atom. The van der Waals surface area contributed by atoms with E-state index in [4.69, 9.17) is 5.73 Å². The van der Waals surface area contributed by atoms with E-state index in [-0.39, 0.29) is 5.56 Å². The summed E-state index contributed by atoms with van der Waals surface area (Å²) in [5.74, 6) is -2.44. The second kappa shape index (κ2) is 5.56. The zero-order chi connectivity index (χ0) is 14.7. The van der Waals surface area contributed by atoms with E-state index in [1.807, 2.05) is 0 Å². The summed E-state index contributed by atoms with van der Waals surface area (Å²) in [6.45, 7) is -0.612. The third-order valence-electron chi connectivity index (χ3n) is 2.98. The van der Waals surface area contributed by atoms with Crippen LogP contribution in [0.25, 0.3) is 0 Å². The van der Waals surface area contributed by atoms with E-state index >= 15 is 0 Å². The van der Waals surface area contributed by atoms with Crippen LogP contribution in [0.5, 0.6) is 0 Å². The Labute approximate surface area is 107 Å². The number of hydrogen-bond acceptors (Lipinski definition) is 2. The molecule has 106 valence electrons. The molecular weight excluding hydrogens is 266 g/mol. The third kappa shape index (κ3) is 3.44. The van der Waals surface area contributed by atoms with Crippen LogP contribution in [0.15, 0.2) is 24.3 Å². The van der Waals surface area contributed by atoms with Gasteiger partial charge in [0, 0.05) is 18.5 Å². The fraction of sp³-hybridized carbons (Fsp3) is 0.417. The van der Waals surface area contributed by atoms with E-state index < -0.39 is 42.8 Å². The molecule has 0 aromatic heterocycles. The molecule has 0 saturated carbocycles. The lowest BCUT2D eigenvalue weighted by atomic mass is 9.76. The minimum Gasteiger partial charge on any atom is -0.481 e. The Kier molecular flexibility index (Phi) is 4.52. The van der Waals surface area contributed by atoms with Crippen LogP contribution in [0.4, 0.5) is 17.6 Å². The molecule has 0 saturated heterocycles. The summed E-state index contributed by atoms with van der Waals surface area (Å²) in [6, 6.07) is 4.83. The van der Waals surface area contributed by atoms with Gasteiger partial charge in [-0.25, -0.2) is 4.39 Å². The van der Waals surface area contributed by atoms with Gasteiger partial charge in [-0.1, -0.05) is 18.2 Å². The van der Waals surface area contributed by atoms with Crippen LogP contribution in [0.3, 0.4) is 0 Å². The lowest BCUT2D eigenvalue weighted by molar-refractivity contribution is -0.151. The van der Waals surface area contributed by atoms with Gasteiger partial charge in [-0.3, -0.25) is 4.79 Å². The highest BCUT2D eigenvalue weighted by molar-refractivity contribution is 5.81. The van der Waals surface area contributed by atoms with Gasteiger partial charge in [-0.05, 0) is 12.5 Å². The first-order valence-electron chi connectivity index (χ1n) is 5.48. The van der Waals surface area contributed by atoms with E-state index in [0.29, 0.717) is 0 Å². The molecule has 1 aromatic rings. The van der Waals surface area contributed by atoms with Crippen molar-refractivity contribution >= 4 is 5.97 Å². The molecular formula is C12H13F4NO2. The van der Waals surface area contributed by atoms with Gasteiger partial charge < -0.3 is 10.8 Å². The molecule has 0 radical (unpaired) electrons. The molecule has 0 spiro atoms. The van der Waals surface area contributed by atoms with Crippen LogP contribution in [0.2, 0.25) is 0 Å². The van der Waals surface area contributed by atoms with Gasteiger partial charge in [0.1, 0.15) is 11.2 Å². The van der Waals surface area contributed by atoms with Crippen molar-refractivity contribution < 1.29 is 27.5 Å². The normalized spacial score (nSPS) is 15.0. The van der Waals surface area contributed by atoms with Crippen molar-refractivity contribution in [3.63, 3.8) is 0 Å². The standard InChI is InChI=1S/C12H13F4NO2/c13-9-4-2-1-3-8(9)11(7-17,10(18)19)5-6-12(14,15)16/h1-4H,5-7,17H2,(H,18,19). The highest BCUT2D eigenvalue weighted by Crippen LogP contribution is 2.35. The Balaban J connectivity index is 3.20. The molecule has 0 fully saturated rings. The highest BCUT2D eigenvalue weighted by Gasteiger charge is 2.44. The van der Waals surface area contributed by atoms with Crippen LogP contribution >= 0.6 is 0 Å². The van der Waals surface area contributed by atoms with Crippen molar-refractivity contribution in [1.82, 2.24) is 0 Å². The lowest BCUT2D eigenvalue weighted by Gasteiger charge is -2.29. The summed E-state index contributed by atoms with van der Waals surface area (Å²) < 4.78 is 50.5. The number of nitrogens with two attached hydrogens (primary N) is 1. The second-order valence-electron chi connectivity index (χ2n) is 4.19. The molecule has 1 aromatic carbocycles. The zero-order valence-corrected chi connectivity index (χ0v) is 9.88. The van der Waals surface area contributed by atoms with E-state index in [1.165, 1.54) is 12.1 Å². The fourth-order valence-electron chi connectivity index (χ4n) is 1.86. The summed E-state index contributed by atoms with van der Waals surface area (Å²) in [5.41, 5.74) is 2.93. The Morgan fingerprint density at radius 1 is 1.21 bits per heavy atom. The van der Waals surface area contributed by atoms with E-state index in [9.17, 15) is 27.5 Å². The number of carboxylic acid groups (broad SMARTS) is 1. The van der Waals surface area contributed by atoms with E-state index in [2.05, 4.69) is 0 Å². The van der Waals surface area contributed by atoms with Gasteiger partial charge >= 0.3 is 12.1 Å². The third-order valence-corrected chi connectivity index (χ3v) is 2.98. The van der Waals surface area contributed by atoms with E-state index in [1.54, 1.807) is 0 Å². The average Bonchev–Trinajstić information content (AvgIpc) is 2.30. The molecule has 1 atom stereocenters. The molecule has 0 bridgehead atoms. The minimum absolute atomic E-state index is 0.325. The quantitative estimate of drug-likeness (QED) is 0.814. The van der Waals surface area contributed by atoms with Gasteiger partial charge in [0.05, 0.1) is 0 Å². The van der Waals surface area contributed by atoms with Crippen molar-refractivity contribution in [3.05, 3.63) is 35.6 Å². The Bertz CT molecular complexity index is 461. The van der Waals surface area contributed by atoms with Gasteiger partial charge in [0.15, 0.2) is 0 Å². The monoisotopic (exact) mass is 279 g/mol. The average molecular weight is 279 g/mol. The molecule has 0 amide bonds. The number of rotatable bonds is 5. The van der Waals surface area contributed by atoms with Crippen molar-refractivity contribution in [1.29, 1.82) is 0 Å². The molecule has 0 aliphatic rings. The topological polar surface area (TPSA) is 63.3 Å². The van der Waals surface area contributed by atoms with Crippen molar-refractivity contribution in [2.45, 2.75) is 24.4 Å². The van der Waals surface area contributed by atoms with Crippen LogP contribution in [-0.4, -0.2) is 23.8 Å². The molecule has 0 aliphatic heterocycles. The lowest BCUT2D eigenvalue weighted by Crippen LogP contribution is -2.44. The summed E-state index contributed by atoms with van der Waals surface area (Å²) >= 11 is 0. The Hall–Kier alpha value is -1.63. The van der Waals surface area contributed by atoms with Crippen molar-refractivity contribution in [2.75, 3.05) is 6.54 Å². The molecule has 0 aliphatic carbocycles. The van der Waals surface area contributed by atoms with Crippen LogP contribution < -0.4 is 5.73 Å². The summed E-state index contributed by atoms with van der Waals surface area (Å²) in [7, 11) is 0. The molecule has 1 rings (SSSR count). The number of aliphatic carboxylic acids is 1. The number of halogens is 4. The van der Waals surface area contributed by atoms with E-state index in [0.717, 1.165) is 12.1 Å². The molecule has 0 heterocycles. The van der Waals surface area contributed by atoms with Crippen LogP contribution in [-0.2, 0) is 10.2 Å². The fourth-order valence-corrected chi connectivity index (χ4v) is 1.86. The van der Waals surface area contributed by atoms with Crippen molar-refractivity contribution in [2.24, 2.45) is 5.73 Å². The van der Waals surface area contributed by atoms with Crippen molar-refractivity contribution in [3.8, 4) is 0 Å². The van der Waals surface area contributed by atoms with Gasteiger partial charge in [-0.2, -0.15) is 13.2 Å². The number of benzene rings is 1. The zero-order valence-electron chi connectivity index (χ0n) is 9.88. The maximum absolute atomic E-state index is 13.7. The maximum atomic E-state index is 13.7. The summed E-state index contributed by atoms with van der Waals surface area (Å²) in [4.78, 5) is 11.3. The van der Waals surface area contributed by atoms with Gasteiger partial charge in [-0.15, -0.1) is 0 Å². The van der Waals surface area contributed by atoms with Gasteiger partial charge in [0.25, 0.3) is 0 Å². The number of carboxylic acids is 1. The SMILES string of the molecule is NCC(CCC(F)(F)F)(C(=O)O)c1ccccc1F. The van der Waals surface area contributed by atoms with Crippen LogP contribution in [0, 0.1) is 5.82 Å². The second-order valence-corrected chi connectivity index (χ2v) is 4.19. The molecule has 3 nitrogen and oxygen atoms in total. The first kappa shape index (κ1) is 15.4. The molecule has 19 heavy (non-hydrogen) atoms. The van der Waals surface area contributed by atoms with Gasteiger partial charge in [0.2, 0.25) is 0 Å². The first-order valence-corrected chi connectivity index (χ1v) is 5.48. The Morgan fingerprint density at radius 3 is 2.21 bits per heavy atom. The number of carbonyl (C=O) groups is 1. The highest BCUT2D eigenvalue weighted by atomic mass is 19.4. The first-order chi connectivity index (χ1) is 8.73. The predicted octanol–water partition coefficient (Wildman–Crippen LogP) is 2.45. The summed E-state index contributed by atoms with van der Waals surface area (Å²) in [5, 5.41) is 9.18. The molecule has 7 heteroatoms. The number of hydrogen-bond donors (Lipinski definition) is 2.